The number of hydrogen-bond acceptors (Lipinski definition) is 0. The van der Waals surface area contributed by atoms with Gasteiger partial charge in [-0.2, -0.15) is 0 Å². The van der Waals surface area contributed by atoms with Crippen molar-refractivity contribution in [3.05, 3.63) is 64.2 Å². The Morgan fingerprint density at radius 1 is 1.16 bits per heavy atom. The first-order valence-electron chi connectivity index (χ1n) is 6.70. The molecule has 0 fully saturated rings. The van der Waals surface area contributed by atoms with Crippen molar-refractivity contribution in [1.29, 1.82) is 0 Å². The van der Waals surface area contributed by atoms with E-state index in [0.29, 0.717) is 0 Å². The SMILES string of the molecule is C=C(CCC=Cc1ccc(Cl)cc1)CC(C)=C(C)C. The van der Waals surface area contributed by atoms with Crippen LogP contribution in [0.3, 0.4) is 0 Å². The highest BCUT2D eigenvalue weighted by molar-refractivity contribution is 6.30. The zero-order chi connectivity index (χ0) is 14.3. The Morgan fingerprint density at radius 3 is 2.37 bits per heavy atom. The smallest absolute Gasteiger partial charge is 0.0406 e. The minimum absolute atomic E-state index is 0.780. The third-order valence-electron chi connectivity index (χ3n) is 3.21. The highest BCUT2D eigenvalue weighted by Gasteiger charge is 1.97. The molecule has 0 nitrogen and oxygen atoms in total. The first kappa shape index (κ1) is 15.8. The lowest BCUT2D eigenvalue weighted by atomic mass is 10.0. The normalized spacial score (nSPS) is 10.7. The van der Waals surface area contributed by atoms with Crippen LogP contribution in [0.15, 0.2) is 53.6 Å². The topological polar surface area (TPSA) is 0 Å². The van der Waals surface area contributed by atoms with E-state index in [0.717, 1.165) is 24.3 Å². The summed E-state index contributed by atoms with van der Waals surface area (Å²) in [6.45, 7) is 10.6. The summed E-state index contributed by atoms with van der Waals surface area (Å²) in [5.41, 5.74) is 5.33. The quantitative estimate of drug-likeness (QED) is 0.524. The van der Waals surface area contributed by atoms with Gasteiger partial charge in [-0.25, -0.2) is 0 Å². The first-order chi connectivity index (χ1) is 8.99. The van der Waals surface area contributed by atoms with Gasteiger partial charge in [0.05, 0.1) is 0 Å². The fourth-order valence-corrected chi connectivity index (χ4v) is 1.85. The standard InChI is InChI=1S/C18H23Cl/c1-14(2)16(4)13-15(3)7-5-6-8-17-9-11-18(19)12-10-17/h6,8-12H,3,5,7,13H2,1-2,4H3. The van der Waals surface area contributed by atoms with Crippen molar-refractivity contribution in [3.8, 4) is 0 Å². The van der Waals surface area contributed by atoms with Gasteiger partial charge in [-0.3, -0.25) is 0 Å². The number of allylic oxidation sites excluding steroid dienone is 4. The van der Waals surface area contributed by atoms with Crippen molar-refractivity contribution in [2.45, 2.75) is 40.0 Å². The fourth-order valence-electron chi connectivity index (χ4n) is 1.72. The van der Waals surface area contributed by atoms with Gasteiger partial charge in [0.1, 0.15) is 0 Å². The molecular weight excluding hydrogens is 252 g/mol. The number of halogens is 1. The lowest BCUT2D eigenvalue weighted by Crippen LogP contribution is -1.86. The lowest BCUT2D eigenvalue weighted by Gasteiger charge is -2.06. The highest BCUT2D eigenvalue weighted by Crippen LogP contribution is 2.17. The average Bonchev–Trinajstić information content (AvgIpc) is 2.36. The molecule has 19 heavy (non-hydrogen) atoms. The van der Waals surface area contributed by atoms with Gasteiger partial charge in [0.2, 0.25) is 0 Å². The molecule has 0 radical (unpaired) electrons. The Hall–Kier alpha value is -1.27. The summed E-state index contributed by atoms with van der Waals surface area (Å²) in [5, 5.41) is 0.780. The van der Waals surface area contributed by atoms with Crippen molar-refractivity contribution >= 4 is 17.7 Å². The average molecular weight is 275 g/mol. The van der Waals surface area contributed by atoms with Crippen LogP contribution in [0.1, 0.15) is 45.6 Å². The van der Waals surface area contributed by atoms with Gasteiger partial charge in [0, 0.05) is 5.02 Å². The van der Waals surface area contributed by atoms with Crippen molar-refractivity contribution in [2.75, 3.05) is 0 Å². The van der Waals surface area contributed by atoms with Crippen LogP contribution in [0.5, 0.6) is 0 Å². The monoisotopic (exact) mass is 274 g/mol. The molecule has 0 unspecified atom stereocenters. The fraction of sp³-hybridized carbons (Fsp3) is 0.333. The predicted octanol–water partition coefficient (Wildman–Crippen LogP) is 6.44. The van der Waals surface area contributed by atoms with Gasteiger partial charge in [-0.05, 0) is 57.7 Å². The third-order valence-corrected chi connectivity index (χ3v) is 3.47. The van der Waals surface area contributed by atoms with E-state index in [1.807, 2.05) is 24.3 Å². The summed E-state index contributed by atoms with van der Waals surface area (Å²) in [7, 11) is 0. The van der Waals surface area contributed by atoms with Gasteiger partial charge in [-0.1, -0.05) is 59.2 Å². The van der Waals surface area contributed by atoms with E-state index in [9.17, 15) is 0 Å². The predicted molar refractivity (Wildman–Crippen MR) is 87.5 cm³/mol. The number of benzene rings is 1. The third kappa shape index (κ3) is 6.45. The van der Waals surface area contributed by atoms with Gasteiger partial charge < -0.3 is 0 Å². The number of hydrogen-bond donors (Lipinski definition) is 0. The van der Waals surface area contributed by atoms with Crippen LogP contribution in [-0.2, 0) is 0 Å². The molecule has 0 atom stereocenters. The molecule has 0 saturated heterocycles. The largest absolute Gasteiger partial charge is 0.0995 e. The second kappa shape index (κ2) is 8.01. The molecule has 0 bridgehead atoms. The van der Waals surface area contributed by atoms with Crippen molar-refractivity contribution < 1.29 is 0 Å². The van der Waals surface area contributed by atoms with Crippen LogP contribution in [0.2, 0.25) is 5.02 Å². The zero-order valence-corrected chi connectivity index (χ0v) is 12.9. The van der Waals surface area contributed by atoms with Crippen LogP contribution in [0.4, 0.5) is 0 Å². The second-order valence-corrected chi connectivity index (χ2v) is 5.64. The van der Waals surface area contributed by atoms with Crippen molar-refractivity contribution in [2.24, 2.45) is 0 Å². The molecule has 0 aromatic heterocycles. The van der Waals surface area contributed by atoms with Gasteiger partial charge in [-0.15, -0.1) is 0 Å². The Morgan fingerprint density at radius 2 is 1.79 bits per heavy atom. The van der Waals surface area contributed by atoms with Gasteiger partial charge >= 0.3 is 0 Å². The van der Waals surface area contributed by atoms with Crippen molar-refractivity contribution in [3.63, 3.8) is 0 Å². The Balaban J connectivity index is 2.36. The van der Waals surface area contributed by atoms with E-state index in [-0.39, 0.29) is 0 Å². The summed E-state index contributed by atoms with van der Waals surface area (Å²) in [6, 6.07) is 7.89. The van der Waals surface area contributed by atoms with Crippen LogP contribution in [0, 0.1) is 0 Å². The molecule has 102 valence electrons. The van der Waals surface area contributed by atoms with Gasteiger partial charge in [0.15, 0.2) is 0 Å². The molecule has 0 aliphatic heterocycles. The molecule has 0 heterocycles. The number of rotatable bonds is 6. The minimum atomic E-state index is 0.780. The van der Waals surface area contributed by atoms with Crippen LogP contribution < -0.4 is 0 Å². The summed E-state index contributed by atoms with van der Waals surface area (Å²) < 4.78 is 0. The maximum absolute atomic E-state index is 5.85. The summed E-state index contributed by atoms with van der Waals surface area (Å²) in [5.74, 6) is 0. The van der Waals surface area contributed by atoms with Crippen molar-refractivity contribution in [1.82, 2.24) is 0 Å². The van der Waals surface area contributed by atoms with E-state index < -0.39 is 0 Å². The Bertz CT molecular complexity index is 471. The summed E-state index contributed by atoms with van der Waals surface area (Å²) in [4.78, 5) is 0. The molecule has 0 spiro atoms. The maximum Gasteiger partial charge on any atom is 0.0406 e. The Kier molecular flexibility index (Phi) is 6.66. The maximum atomic E-state index is 5.85. The van der Waals surface area contributed by atoms with E-state index >= 15 is 0 Å². The summed E-state index contributed by atoms with van der Waals surface area (Å²) in [6.07, 6.45) is 7.45. The van der Waals surface area contributed by atoms with Crippen LogP contribution in [-0.4, -0.2) is 0 Å². The minimum Gasteiger partial charge on any atom is -0.0995 e. The molecular formula is C18H23Cl. The zero-order valence-electron chi connectivity index (χ0n) is 12.2. The molecule has 0 aliphatic carbocycles. The molecule has 0 aliphatic rings. The second-order valence-electron chi connectivity index (χ2n) is 5.20. The molecule has 1 rings (SSSR count). The first-order valence-corrected chi connectivity index (χ1v) is 7.08. The molecule has 1 aromatic carbocycles. The lowest BCUT2D eigenvalue weighted by molar-refractivity contribution is 0.917. The van der Waals surface area contributed by atoms with E-state index in [1.165, 1.54) is 22.3 Å². The van der Waals surface area contributed by atoms with E-state index in [1.54, 1.807) is 0 Å². The molecule has 1 heteroatoms. The summed E-state index contributed by atoms with van der Waals surface area (Å²) >= 11 is 5.85. The Labute approximate surface area is 122 Å². The molecule has 0 amide bonds. The van der Waals surface area contributed by atoms with Crippen LogP contribution >= 0.6 is 11.6 Å². The molecule has 1 aromatic rings. The molecule has 0 saturated carbocycles. The van der Waals surface area contributed by atoms with E-state index in [4.69, 9.17) is 11.6 Å². The van der Waals surface area contributed by atoms with E-state index in [2.05, 4.69) is 39.5 Å². The highest BCUT2D eigenvalue weighted by atomic mass is 35.5. The van der Waals surface area contributed by atoms with Gasteiger partial charge in [0.25, 0.3) is 0 Å². The molecule has 0 N–H and O–H groups in total. The van der Waals surface area contributed by atoms with Crippen LogP contribution in [0.25, 0.3) is 6.08 Å².